The first-order valence-electron chi connectivity index (χ1n) is 9.69. The summed E-state index contributed by atoms with van der Waals surface area (Å²) in [6.07, 6.45) is 4.88. The van der Waals surface area contributed by atoms with E-state index in [1.165, 1.54) is 22.9 Å². The zero-order valence-electron chi connectivity index (χ0n) is 17.3. The van der Waals surface area contributed by atoms with Crippen molar-refractivity contribution in [2.75, 3.05) is 17.6 Å². The molecule has 1 aromatic carbocycles. The summed E-state index contributed by atoms with van der Waals surface area (Å²) in [7, 11) is -3.62. The average molecular weight is 444 g/mol. The molecule has 3 heterocycles. The van der Waals surface area contributed by atoms with Crippen LogP contribution in [0.5, 0.6) is 0 Å². The van der Waals surface area contributed by atoms with Gasteiger partial charge in [-0.15, -0.1) is 4.40 Å². The van der Waals surface area contributed by atoms with Crippen molar-refractivity contribution < 1.29 is 17.6 Å². The minimum absolute atomic E-state index is 0.0927. The Balaban J connectivity index is 1.72. The van der Waals surface area contributed by atoms with Gasteiger partial charge in [0.1, 0.15) is 11.6 Å². The highest BCUT2D eigenvalue weighted by atomic mass is 32.2. The van der Waals surface area contributed by atoms with Crippen LogP contribution in [-0.4, -0.2) is 47.1 Å². The number of anilines is 1. The van der Waals surface area contributed by atoms with Crippen LogP contribution in [0.3, 0.4) is 0 Å². The van der Waals surface area contributed by atoms with Crippen LogP contribution >= 0.6 is 0 Å². The standard InChI is InChI=1S/C21H22FN5O3S/c1-21(2,3)17-13-18(27(24-17)15-8-6-14(22)7-9-15)23-20(28)16-5-4-10-26-11-12-31(29,30)25-19(16)26/h4-10,13H,11-12H2,1-3H3,(H,23,28). The zero-order valence-corrected chi connectivity index (χ0v) is 18.1. The third kappa shape index (κ3) is 4.29. The third-order valence-corrected chi connectivity index (χ3v) is 6.04. The van der Waals surface area contributed by atoms with Crippen molar-refractivity contribution in [3.05, 3.63) is 65.8 Å². The second-order valence-corrected chi connectivity index (χ2v) is 10.1. The number of hydrogen-bond acceptors (Lipinski definition) is 5. The average Bonchev–Trinajstić information content (AvgIpc) is 3.11. The first-order valence-corrected chi connectivity index (χ1v) is 11.3. The summed E-state index contributed by atoms with van der Waals surface area (Å²) in [5.74, 6) is -0.540. The number of hydrogen-bond donors (Lipinski definition) is 1. The number of carbonyl (C=O) groups excluding carboxylic acids is 1. The molecule has 0 aliphatic carbocycles. The van der Waals surface area contributed by atoms with Crippen molar-refractivity contribution in [1.82, 2.24) is 14.7 Å². The van der Waals surface area contributed by atoms with Crippen molar-refractivity contribution in [2.45, 2.75) is 26.2 Å². The lowest BCUT2D eigenvalue weighted by Crippen LogP contribution is -2.41. The van der Waals surface area contributed by atoms with E-state index in [0.29, 0.717) is 11.5 Å². The number of rotatable bonds is 3. The fraction of sp³-hybridized carbons (Fsp3) is 0.286. The number of aromatic nitrogens is 2. The molecule has 2 aliphatic heterocycles. The van der Waals surface area contributed by atoms with Crippen LogP contribution < -0.4 is 5.32 Å². The summed E-state index contributed by atoms with van der Waals surface area (Å²) >= 11 is 0. The molecule has 162 valence electrons. The van der Waals surface area contributed by atoms with Gasteiger partial charge in [0.15, 0.2) is 5.84 Å². The van der Waals surface area contributed by atoms with Crippen LogP contribution in [0.4, 0.5) is 10.2 Å². The Bertz CT molecular complexity index is 1230. The molecule has 10 heteroatoms. The molecule has 0 fully saturated rings. The Morgan fingerprint density at radius 2 is 1.90 bits per heavy atom. The molecule has 1 amide bonds. The van der Waals surface area contributed by atoms with Gasteiger partial charge in [-0.25, -0.2) is 17.5 Å². The summed E-state index contributed by atoms with van der Waals surface area (Å²) in [6.45, 7) is 6.20. The van der Waals surface area contributed by atoms with Gasteiger partial charge in [-0.1, -0.05) is 20.8 Å². The van der Waals surface area contributed by atoms with Gasteiger partial charge in [0.2, 0.25) is 0 Å². The van der Waals surface area contributed by atoms with Gasteiger partial charge in [0.25, 0.3) is 15.9 Å². The predicted octanol–water partition coefficient (Wildman–Crippen LogP) is 2.75. The van der Waals surface area contributed by atoms with Gasteiger partial charge in [0, 0.05) is 24.2 Å². The number of fused-ring (bicyclic) bond motifs is 1. The van der Waals surface area contributed by atoms with E-state index in [-0.39, 0.29) is 34.9 Å². The topological polar surface area (TPSA) is 96.7 Å². The van der Waals surface area contributed by atoms with Crippen LogP contribution in [-0.2, 0) is 20.2 Å². The molecule has 0 saturated carbocycles. The largest absolute Gasteiger partial charge is 0.331 e. The molecule has 0 saturated heterocycles. The second kappa shape index (κ2) is 7.45. The molecule has 2 aromatic rings. The monoisotopic (exact) mass is 443 g/mol. The van der Waals surface area contributed by atoms with E-state index in [9.17, 15) is 17.6 Å². The second-order valence-electron chi connectivity index (χ2n) is 8.32. The summed E-state index contributed by atoms with van der Waals surface area (Å²) in [4.78, 5) is 14.7. The maximum Gasteiger partial charge on any atom is 0.260 e. The fourth-order valence-corrected chi connectivity index (χ4v) is 4.18. The molecular formula is C21H22FN5O3S. The molecule has 31 heavy (non-hydrogen) atoms. The van der Waals surface area contributed by atoms with Gasteiger partial charge in [0.05, 0.1) is 22.7 Å². The lowest BCUT2D eigenvalue weighted by Gasteiger charge is -2.28. The van der Waals surface area contributed by atoms with Crippen LogP contribution in [0.2, 0.25) is 0 Å². The molecule has 0 spiro atoms. The minimum atomic E-state index is -3.62. The van der Waals surface area contributed by atoms with E-state index in [2.05, 4.69) is 14.8 Å². The van der Waals surface area contributed by atoms with Gasteiger partial charge >= 0.3 is 0 Å². The molecule has 1 N–H and O–H groups in total. The highest BCUT2D eigenvalue weighted by Gasteiger charge is 2.31. The van der Waals surface area contributed by atoms with Crippen LogP contribution in [0.1, 0.15) is 26.5 Å². The third-order valence-electron chi connectivity index (χ3n) is 4.89. The Kier molecular flexibility index (Phi) is 5.04. The van der Waals surface area contributed by atoms with E-state index < -0.39 is 15.9 Å². The smallest absolute Gasteiger partial charge is 0.260 e. The van der Waals surface area contributed by atoms with Crippen LogP contribution in [0.25, 0.3) is 5.69 Å². The molecular weight excluding hydrogens is 421 g/mol. The quantitative estimate of drug-likeness (QED) is 0.787. The number of benzene rings is 1. The van der Waals surface area contributed by atoms with Gasteiger partial charge < -0.3 is 10.2 Å². The zero-order chi connectivity index (χ0) is 22.4. The molecule has 0 unspecified atom stereocenters. The fourth-order valence-electron chi connectivity index (χ4n) is 3.19. The Hall–Kier alpha value is -3.27. The van der Waals surface area contributed by atoms with E-state index in [1.54, 1.807) is 35.4 Å². The van der Waals surface area contributed by atoms with Crippen molar-refractivity contribution in [3.63, 3.8) is 0 Å². The van der Waals surface area contributed by atoms with Crippen LogP contribution in [0.15, 0.2) is 58.7 Å². The number of allylic oxidation sites excluding steroid dienone is 2. The van der Waals surface area contributed by atoms with E-state index in [1.807, 2.05) is 20.8 Å². The number of sulfonamides is 1. The first kappa shape index (κ1) is 21.0. The predicted molar refractivity (Wildman–Crippen MR) is 116 cm³/mol. The highest BCUT2D eigenvalue weighted by molar-refractivity contribution is 7.90. The number of nitrogens with zero attached hydrogens (tertiary/aromatic N) is 4. The Labute approximate surface area is 179 Å². The van der Waals surface area contributed by atoms with Gasteiger partial charge in [-0.3, -0.25) is 4.79 Å². The molecule has 0 atom stereocenters. The molecule has 0 bridgehead atoms. The number of amides is 1. The van der Waals surface area contributed by atoms with E-state index in [0.717, 1.165) is 5.69 Å². The van der Waals surface area contributed by atoms with Crippen molar-refractivity contribution in [3.8, 4) is 5.69 Å². The first-order chi connectivity index (χ1) is 14.5. The van der Waals surface area contributed by atoms with Crippen molar-refractivity contribution in [1.29, 1.82) is 0 Å². The lowest BCUT2D eigenvalue weighted by molar-refractivity contribution is -0.112. The lowest BCUT2D eigenvalue weighted by atomic mass is 9.92. The SMILES string of the molecule is CC(C)(C)c1cc(NC(=O)C2=CC=CN3CCS(=O)(=O)N=C23)n(-c2ccc(F)cc2)n1. The minimum Gasteiger partial charge on any atom is -0.331 e. The number of carbonyl (C=O) groups is 1. The summed E-state index contributed by atoms with van der Waals surface area (Å²) in [5, 5.41) is 7.40. The number of halogens is 1. The maximum atomic E-state index is 13.4. The van der Waals surface area contributed by atoms with Gasteiger partial charge in [-0.05, 0) is 36.4 Å². The van der Waals surface area contributed by atoms with Crippen molar-refractivity contribution >= 4 is 27.6 Å². The van der Waals surface area contributed by atoms with Crippen LogP contribution in [0, 0.1) is 5.82 Å². The van der Waals surface area contributed by atoms with Gasteiger partial charge in [-0.2, -0.15) is 5.10 Å². The Morgan fingerprint density at radius 3 is 2.58 bits per heavy atom. The molecule has 1 aromatic heterocycles. The van der Waals surface area contributed by atoms with E-state index >= 15 is 0 Å². The molecule has 2 aliphatic rings. The Morgan fingerprint density at radius 1 is 1.19 bits per heavy atom. The summed E-state index contributed by atoms with van der Waals surface area (Å²) < 4.78 is 42.6. The molecule has 8 nitrogen and oxygen atoms in total. The number of nitrogens with one attached hydrogen (secondary N) is 1. The summed E-state index contributed by atoms with van der Waals surface area (Å²) in [6, 6.07) is 7.50. The molecule has 4 rings (SSSR count). The number of amidine groups is 1. The normalized spacial score (nSPS) is 17.6. The maximum absolute atomic E-state index is 13.4. The van der Waals surface area contributed by atoms with Crippen molar-refractivity contribution in [2.24, 2.45) is 4.40 Å². The summed E-state index contributed by atoms with van der Waals surface area (Å²) in [5.41, 5.74) is 1.14. The molecule has 0 radical (unpaired) electrons. The highest BCUT2D eigenvalue weighted by Crippen LogP contribution is 2.27. The van der Waals surface area contributed by atoms with E-state index in [4.69, 9.17) is 0 Å².